The van der Waals surface area contributed by atoms with E-state index in [9.17, 15) is 14.9 Å². The molecule has 0 saturated heterocycles. The summed E-state index contributed by atoms with van der Waals surface area (Å²) in [6.45, 7) is 4.19. The second-order valence-corrected chi connectivity index (χ2v) is 5.02. The number of rotatable bonds is 4. The number of carbonyl (C=O) groups excluding carboxylic acids is 1. The average molecular weight is 294 g/mol. The Morgan fingerprint density at radius 3 is 2.80 bits per heavy atom. The van der Waals surface area contributed by atoms with Crippen molar-refractivity contribution < 1.29 is 9.72 Å². The first kappa shape index (κ1) is 14.2. The van der Waals surface area contributed by atoms with Crippen LogP contribution in [-0.4, -0.2) is 22.5 Å². The standard InChI is InChI=1S/C12H14N4O3S/c1-3-7-9(16(18)19)6-5-8-10(7)20-12(14-8)15-11(17)13-4-2/h5-6H,3-4H2,1-2H3,(H2,13,14,15,17). The summed E-state index contributed by atoms with van der Waals surface area (Å²) in [6, 6.07) is 2.72. The van der Waals surface area contributed by atoms with E-state index in [0.717, 1.165) is 4.70 Å². The fourth-order valence-electron chi connectivity index (χ4n) is 1.90. The number of anilines is 1. The fourth-order valence-corrected chi connectivity index (χ4v) is 2.98. The molecule has 2 rings (SSSR count). The second-order valence-electron chi connectivity index (χ2n) is 4.03. The van der Waals surface area contributed by atoms with Crippen molar-refractivity contribution in [2.24, 2.45) is 0 Å². The summed E-state index contributed by atoms with van der Waals surface area (Å²) in [4.78, 5) is 26.3. The van der Waals surface area contributed by atoms with E-state index in [1.807, 2.05) is 13.8 Å². The highest BCUT2D eigenvalue weighted by Gasteiger charge is 2.18. The molecule has 0 radical (unpaired) electrons. The zero-order valence-corrected chi connectivity index (χ0v) is 11.9. The molecule has 0 saturated carbocycles. The molecular weight excluding hydrogens is 280 g/mol. The van der Waals surface area contributed by atoms with Gasteiger partial charge in [-0.15, -0.1) is 0 Å². The van der Waals surface area contributed by atoms with Gasteiger partial charge >= 0.3 is 6.03 Å². The van der Waals surface area contributed by atoms with Gasteiger partial charge in [0.15, 0.2) is 5.13 Å². The number of aromatic nitrogens is 1. The van der Waals surface area contributed by atoms with E-state index < -0.39 is 4.92 Å². The van der Waals surface area contributed by atoms with Crippen LogP contribution < -0.4 is 10.6 Å². The Hall–Kier alpha value is -2.22. The van der Waals surface area contributed by atoms with Crippen LogP contribution in [0.1, 0.15) is 19.4 Å². The third-order valence-corrected chi connectivity index (χ3v) is 3.79. The van der Waals surface area contributed by atoms with E-state index in [2.05, 4.69) is 15.6 Å². The van der Waals surface area contributed by atoms with Crippen LogP contribution in [0.25, 0.3) is 10.2 Å². The molecule has 0 aliphatic carbocycles. The number of nitro groups is 1. The molecular formula is C12H14N4O3S. The Morgan fingerprint density at radius 2 is 2.20 bits per heavy atom. The van der Waals surface area contributed by atoms with Gasteiger partial charge in [0.25, 0.3) is 5.69 Å². The van der Waals surface area contributed by atoms with Gasteiger partial charge in [-0.2, -0.15) is 0 Å². The van der Waals surface area contributed by atoms with Crippen molar-refractivity contribution in [1.82, 2.24) is 10.3 Å². The highest BCUT2D eigenvalue weighted by atomic mass is 32.1. The van der Waals surface area contributed by atoms with E-state index in [4.69, 9.17) is 0 Å². The topological polar surface area (TPSA) is 97.2 Å². The van der Waals surface area contributed by atoms with Gasteiger partial charge in [0, 0.05) is 18.2 Å². The first-order chi connectivity index (χ1) is 9.56. The minimum atomic E-state index is -0.394. The number of urea groups is 1. The Morgan fingerprint density at radius 1 is 1.45 bits per heavy atom. The third kappa shape index (κ3) is 2.69. The van der Waals surface area contributed by atoms with Crippen molar-refractivity contribution in [2.75, 3.05) is 11.9 Å². The summed E-state index contributed by atoms with van der Waals surface area (Å²) in [5.41, 5.74) is 1.39. The molecule has 1 aromatic carbocycles. The zero-order chi connectivity index (χ0) is 14.7. The van der Waals surface area contributed by atoms with Crippen molar-refractivity contribution in [2.45, 2.75) is 20.3 Å². The van der Waals surface area contributed by atoms with Crippen LogP contribution in [-0.2, 0) is 6.42 Å². The largest absolute Gasteiger partial charge is 0.338 e. The predicted molar refractivity (Wildman–Crippen MR) is 78.3 cm³/mol. The van der Waals surface area contributed by atoms with Gasteiger partial charge in [0.1, 0.15) is 0 Å². The molecule has 2 N–H and O–H groups in total. The molecule has 0 aliphatic rings. The van der Waals surface area contributed by atoms with Gasteiger partial charge in [0.05, 0.1) is 15.1 Å². The van der Waals surface area contributed by atoms with E-state index in [1.165, 1.54) is 17.4 Å². The molecule has 2 amide bonds. The van der Waals surface area contributed by atoms with E-state index in [0.29, 0.717) is 29.2 Å². The van der Waals surface area contributed by atoms with Gasteiger partial charge in [-0.25, -0.2) is 9.78 Å². The first-order valence-corrected chi connectivity index (χ1v) is 7.00. The maximum Gasteiger partial charge on any atom is 0.321 e. The van der Waals surface area contributed by atoms with Crippen LogP contribution in [0.15, 0.2) is 12.1 Å². The van der Waals surface area contributed by atoms with Crippen LogP contribution >= 0.6 is 11.3 Å². The van der Waals surface area contributed by atoms with Crippen molar-refractivity contribution in [3.8, 4) is 0 Å². The van der Waals surface area contributed by atoms with Crippen LogP contribution in [0.5, 0.6) is 0 Å². The smallest absolute Gasteiger partial charge is 0.321 e. The monoisotopic (exact) mass is 294 g/mol. The molecule has 2 aromatic rings. The van der Waals surface area contributed by atoms with Crippen LogP contribution in [0.2, 0.25) is 0 Å². The SMILES string of the molecule is CCNC(=O)Nc1nc2ccc([N+](=O)[O-])c(CC)c2s1. The summed E-state index contributed by atoms with van der Waals surface area (Å²) in [7, 11) is 0. The van der Waals surface area contributed by atoms with Gasteiger partial charge in [0.2, 0.25) is 0 Å². The van der Waals surface area contributed by atoms with Crippen molar-refractivity contribution in [3.63, 3.8) is 0 Å². The molecule has 0 unspecified atom stereocenters. The molecule has 1 heterocycles. The van der Waals surface area contributed by atoms with Crippen molar-refractivity contribution in [1.29, 1.82) is 0 Å². The third-order valence-electron chi connectivity index (χ3n) is 2.74. The van der Waals surface area contributed by atoms with Crippen molar-refractivity contribution >= 4 is 38.4 Å². The highest BCUT2D eigenvalue weighted by Crippen LogP contribution is 2.34. The summed E-state index contributed by atoms with van der Waals surface area (Å²) in [5.74, 6) is 0. The van der Waals surface area contributed by atoms with Crippen molar-refractivity contribution in [3.05, 3.63) is 27.8 Å². The number of nitrogens with one attached hydrogen (secondary N) is 2. The highest BCUT2D eigenvalue weighted by molar-refractivity contribution is 7.22. The lowest BCUT2D eigenvalue weighted by Crippen LogP contribution is -2.28. The maximum atomic E-state index is 11.5. The lowest BCUT2D eigenvalue weighted by atomic mass is 10.1. The molecule has 0 fully saturated rings. The Labute approximate surface area is 119 Å². The van der Waals surface area contributed by atoms with Gasteiger partial charge < -0.3 is 5.32 Å². The summed E-state index contributed by atoms with van der Waals surface area (Å²) in [6.07, 6.45) is 0.538. The quantitative estimate of drug-likeness (QED) is 0.669. The number of aryl methyl sites for hydroxylation is 1. The number of fused-ring (bicyclic) bond motifs is 1. The average Bonchev–Trinajstić information content (AvgIpc) is 2.79. The number of hydrogen-bond donors (Lipinski definition) is 2. The molecule has 0 atom stereocenters. The van der Waals surface area contributed by atoms with Gasteiger partial charge in [-0.3, -0.25) is 15.4 Å². The predicted octanol–water partition coefficient (Wildman–Crippen LogP) is 2.91. The molecule has 0 bridgehead atoms. The Kier molecular flexibility index (Phi) is 4.14. The van der Waals surface area contributed by atoms with Crippen LogP contribution in [0.3, 0.4) is 0 Å². The van der Waals surface area contributed by atoms with Crippen LogP contribution in [0, 0.1) is 10.1 Å². The Bertz CT molecular complexity index is 668. The van der Waals surface area contributed by atoms with Gasteiger partial charge in [-0.05, 0) is 19.4 Å². The minimum Gasteiger partial charge on any atom is -0.338 e. The zero-order valence-electron chi connectivity index (χ0n) is 11.1. The number of thiazole rings is 1. The molecule has 7 nitrogen and oxygen atoms in total. The van der Waals surface area contributed by atoms with E-state index in [1.54, 1.807) is 6.07 Å². The van der Waals surface area contributed by atoms with Gasteiger partial charge in [-0.1, -0.05) is 18.3 Å². The Balaban J connectivity index is 2.43. The first-order valence-electron chi connectivity index (χ1n) is 6.18. The number of amides is 2. The van der Waals surface area contributed by atoms with E-state index in [-0.39, 0.29) is 11.7 Å². The molecule has 20 heavy (non-hydrogen) atoms. The molecule has 1 aromatic heterocycles. The van der Waals surface area contributed by atoms with E-state index >= 15 is 0 Å². The number of nitrogens with zero attached hydrogens (tertiary/aromatic N) is 2. The summed E-state index contributed by atoms with van der Waals surface area (Å²) < 4.78 is 0.744. The number of nitro benzene ring substituents is 1. The molecule has 0 aliphatic heterocycles. The summed E-state index contributed by atoms with van der Waals surface area (Å²) in [5, 5.41) is 16.7. The maximum absolute atomic E-state index is 11.5. The van der Waals surface area contributed by atoms with Crippen LogP contribution in [0.4, 0.5) is 15.6 Å². The molecule has 8 heteroatoms. The number of benzene rings is 1. The lowest BCUT2D eigenvalue weighted by Gasteiger charge is -2.00. The molecule has 106 valence electrons. The lowest BCUT2D eigenvalue weighted by molar-refractivity contribution is -0.385. The second kappa shape index (κ2) is 5.83. The fraction of sp³-hybridized carbons (Fsp3) is 0.333. The number of hydrogen-bond acceptors (Lipinski definition) is 5. The number of carbonyl (C=O) groups is 1. The molecule has 0 spiro atoms. The minimum absolute atomic E-state index is 0.0909. The summed E-state index contributed by atoms with van der Waals surface area (Å²) >= 11 is 1.25. The normalized spacial score (nSPS) is 10.5.